The Hall–Kier alpha value is -5.60. The van der Waals surface area contributed by atoms with Crippen LogP contribution in [0.15, 0.2) is 147 Å². The van der Waals surface area contributed by atoms with Crippen molar-refractivity contribution in [3.05, 3.63) is 158 Å². The molecule has 0 amide bonds. The minimum absolute atomic E-state index is 1.11. The third kappa shape index (κ3) is 3.66. The summed E-state index contributed by atoms with van der Waals surface area (Å²) in [5.41, 5.74) is 11.7. The maximum absolute atomic E-state index is 3.98. The van der Waals surface area contributed by atoms with Gasteiger partial charge in [0.2, 0.25) is 0 Å². The molecule has 8 aromatic rings. The van der Waals surface area contributed by atoms with E-state index in [0.29, 0.717) is 0 Å². The summed E-state index contributed by atoms with van der Waals surface area (Å²) in [4.78, 5) is 0. The fourth-order valence-corrected chi connectivity index (χ4v) is 6.44. The zero-order chi connectivity index (χ0) is 28.2. The summed E-state index contributed by atoms with van der Waals surface area (Å²) in [7, 11) is 0. The monoisotopic (exact) mass is 536 g/mol. The van der Waals surface area contributed by atoms with Crippen molar-refractivity contribution >= 4 is 55.8 Å². The molecule has 0 saturated heterocycles. The van der Waals surface area contributed by atoms with Crippen molar-refractivity contribution in [3.8, 4) is 22.5 Å². The molecular weight excluding hydrogens is 508 g/mol. The first-order valence-corrected chi connectivity index (χ1v) is 14.3. The normalized spacial score (nSPS) is 11.5. The van der Waals surface area contributed by atoms with Gasteiger partial charge in [0, 0.05) is 32.9 Å². The molecule has 8 rings (SSSR count). The van der Waals surface area contributed by atoms with E-state index in [2.05, 4.69) is 156 Å². The third-order valence-corrected chi connectivity index (χ3v) is 8.41. The Labute approximate surface area is 244 Å². The zero-order valence-corrected chi connectivity index (χ0v) is 23.2. The molecule has 0 saturated carbocycles. The van der Waals surface area contributed by atoms with Crippen LogP contribution in [-0.2, 0) is 0 Å². The highest BCUT2D eigenvalue weighted by Crippen LogP contribution is 2.37. The van der Waals surface area contributed by atoms with E-state index in [1.54, 1.807) is 0 Å². The fraction of sp³-hybridized carbons (Fsp3) is 0. The first-order valence-electron chi connectivity index (χ1n) is 14.3. The maximum Gasteiger partial charge on any atom is 0.0541 e. The van der Waals surface area contributed by atoms with Crippen LogP contribution in [0.25, 0.3) is 78.3 Å². The molecule has 0 atom stereocenters. The van der Waals surface area contributed by atoms with Gasteiger partial charge in [-0.05, 0) is 82.9 Å². The number of aromatic nitrogens is 2. The molecule has 6 aromatic carbocycles. The topological polar surface area (TPSA) is 9.86 Å². The summed E-state index contributed by atoms with van der Waals surface area (Å²) in [6.45, 7) is 7.96. The smallest absolute Gasteiger partial charge is 0.0541 e. The van der Waals surface area contributed by atoms with E-state index in [9.17, 15) is 0 Å². The van der Waals surface area contributed by atoms with Crippen LogP contribution in [0, 0.1) is 0 Å². The number of rotatable bonds is 5. The lowest BCUT2D eigenvalue weighted by atomic mass is 10.0. The zero-order valence-electron chi connectivity index (χ0n) is 23.2. The van der Waals surface area contributed by atoms with Crippen LogP contribution in [0.3, 0.4) is 0 Å². The lowest BCUT2D eigenvalue weighted by Gasteiger charge is -2.11. The fourth-order valence-electron chi connectivity index (χ4n) is 6.44. The van der Waals surface area contributed by atoms with E-state index in [1.807, 2.05) is 12.2 Å². The van der Waals surface area contributed by atoms with Crippen molar-refractivity contribution in [1.29, 1.82) is 0 Å². The lowest BCUT2D eigenvalue weighted by molar-refractivity contribution is 1.18. The molecule has 2 nitrogen and oxygen atoms in total. The highest BCUT2D eigenvalue weighted by molar-refractivity contribution is 6.11. The first kappa shape index (κ1) is 24.2. The van der Waals surface area contributed by atoms with Crippen LogP contribution >= 0.6 is 0 Å². The van der Waals surface area contributed by atoms with Gasteiger partial charge in [0.15, 0.2) is 0 Å². The second-order valence-electron chi connectivity index (χ2n) is 10.8. The Morgan fingerprint density at radius 2 is 0.905 bits per heavy atom. The van der Waals surface area contributed by atoms with Crippen LogP contribution in [0.1, 0.15) is 11.1 Å². The Bertz CT molecular complexity index is 2340. The highest BCUT2D eigenvalue weighted by atomic mass is 15.0. The number of nitrogens with zero attached hydrogens (tertiary/aromatic N) is 2. The number of fused-ring (bicyclic) bond motifs is 6. The minimum atomic E-state index is 1.11. The Morgan fingerprint density at radius 3 is 1.60 bits per heavy atom. The van der Waals surface area contributed by atoms with Gasteiger partial charge in [0.1, 0.15) is 0 Å². The van der Waals surface area contributed by atoms with Gasteiger partial charge in [-0.25, -0.2) is 0 Å². The van der Waals surface area contributed by atoms with Gasteiger partial charge < -0.3 is 9.13 Å². The molecule has 0 spiro atoms. The Kier molecular flexibility index (Phi) is 5.48. The van der Waals surface area contributed by atoms with Crippen molar-refractivity contribution in [2.24, 2.45) is 0 Å². The number of para-hydroxylation sites is 2. The van der Waals surface area contributed by atoms with E-state index in [1.165, 1.54) is 54.7 Å². The van der Waals surface area contributed by atoms with Crippen molar-refractivity contribution in [1.82, 2.24) is 9.13 Å². The van der Waals surface area contributed by atoms with Crippen LogP contribution in [-0.4, -0.2) is 9.13 Å². The van der Waals surface area contributed by atoms with Gasteiger partial charge in [-0.1, -0.05) is 98.1 Å². The average Bonchev–Trinajstić information content (AvgIpc) is 3.57. The average molecular weight is 537 g/mol. The standard InChI is InChI=1S/C40H28N2/c1-3-27-11-9-13-31(23-27)41-38-18-8-6-16-34(38)36-26-30(20-22-40(36)41)29-12-10-14-32(25-29)42-37-17-7-5-15-33(37)35-24-28(4-2)19-21-39(35)42/h3-26H,1-2H2. The van der Waals surface area contributed by atoms with Crippen molar-refractivity contribution in [3.63, 3.8) is 0 Å². The molecule has 0 bridgehead atoms. The molecule has 0 unspecified atom stereocenters. The summed E-state index contributed by atoms with van der Waals surface area (Å²) in [5, 5.41) is 4.97. The van der Waals surface area contributed by atoms with E-state index in [-0.39, 0.29) is 0 Å². The largest absolute Gasteiger partial charge is 0.309 e. The Balaban J connectivity index is 1.32. The van der Waals surface area contributed by atoms with Gasteiger partial charge in [0.25, 0.3) is 0 Å². The second-order valence-corrected chi connectivity index (χ2v) is 10.8. The molecule has 2 heterocycles. The van der Waals surface area contributed by atoms with Crippen LogP contribution in [0.5, 0.6) is 0 Å². The predicted octanol–water partition coefficient (Wildman–Crippen LogP) is 10.8. The van der Waals surface area contributed by atoms with Crippen molar-refractivity contribution in [2.45, 2.75) is 0 Å². The molecule has 0 N–H and O–H groups in total. The molecule has 0 aliphatic carbocycles. The summed E-state index contributed by atoms with van der Waals surface area (Å²) in [6.07, 6.45) is 3.81. The number of hydrogen-bond acceptors (Lipinski definition) is 0. The quantitative estimate of drug-likeness (QED) is 0.207. The molecule has 0 fully saturated rings. The highest BCUT2D eigenvalue weighted by Gasteiger charge is 2.15. The van der Waals surface area contributed by atoms with E-state index >= 15 is 0 Å². The first-order chi connectivity index (χ1) is 20.7. The van der Waals surface area contributed by atoms with Gasteiger partial charge >= 0.3 is 0 Å². The molecule has 42 heavy (non-hydrogen) atoms. The van der Waals surface area contributed by atoms with Gasteiger partial charge in [0.05, 0.1) is 22.1 Å². The number of benzene rings is 6. The second kappa shape index (κ2) is 9.50. The molecular formula is C40H28N2. The molecule has 0 aliphatic rings. The Morgan fingerprint density at radius 1 is 0.381 bits per heavy atom. The molecule has 198 valence electrons. The molecule has 0 radical (unpaired) electrons. The number of hydrogen-bond donors (Lipinski definition) is 0. The molecule has 2 heteroatoms. The predicted molar refractivity (Wildman–Crippen MR) is 181 cm³/mol. The summed E-state index contributed by atoms with van der Waals surface area (Å²) >= 11 is 0. The maximum atomic E-state index is 3.98. The van der Waals surface area contributed by atoms with Crippen LogP contribution in [0.4, 0.5) is 0 Å². The summed E-state index contributed by atoms with van der Waals surface area (Å²) in [6, 6.07) is 48.2. The van der Waals surface area contributed by atoms with E-state index < -0.39 is 0 Å². The van der Waals surface area contributed by atoms with Crippen LogP contribution < -0.4 is 0 Å². The van der Waals surface area contributed by atoms with Crippen LogP contribution in [0.2, 0.25) is 0 Å². The van der Waals surface area contributed by atoms with Crippen molar-refractivity contribution in [2.75, 3.05) is 0 Å². The molecule has 0 aliphatic heterocycles. The SMILES string of the molecule is C=Cc1cccc(-n2c3ccccc3c3cc(-c4cccc(-n5c6ccccc6c6cc(C=C)ccc65)c4)ccc32)c1. The third-order valence-electron chi connectivity index (χ3n) is 8.41. The van der Waals surface area contributed by atoms with Gasteiger partial charge in [-0.3, -0.25) is 0 Å². The van der Waals surface area contributed by atoms with Gasteiger partial charge in [-0.15, -0.1) is 0 Å². The van der Waals surface area contributed by atoms with E-state index in [4.69, 9.17) is 0 Å². The van der Waals surface area contributed by atoms with Crippen molar-refractivity contribution < 1.29 is 0 Å². The lowest BCUT2D eigenvalue weighted by Crippen LogP contribution is -1.95. The summed E-state index contributed by atoms with van der Waals surface area (Å²) < 4.78 is 4.73. The molecule has 2 aromatic heterocycles. The summed E-state index contributed by atoms with van der Waals surface area (Å²) in [5.74, 6) is 0. The minimum Gasteiger partial charge on any atom is -0.309 e. The van der Waals surface area contributed by atoms with Gasteiger partial charge in [-0.2, -0.15) is 0 Å². The van der Waals surface area contributed by atoms with E-state index in [0.717, 1.165) is 22.5 Å².